The first-order valence-corrected chi connectivity index (χ1v) is 8.01. The Morgan fingerprint density at radius 1 is 1.24 bits per heavy atom. The van der Waals surface area contributed by atoms with Gasteiger partial charge in [0.15, 0.2) is 0 Å². The molecule has 1 aromatic carbocycles. The molecule has 0 saturated heterocycles. The van der Waals surface area contributed by atoms with Gasteiger partial charge in [0.25, 0.3) is 0 Å². The number of hydrogen-bond donors (Lipinski definition) is 0. The summed E-state index contributed by atoms with van der Waals surface area (Å²) in [6, 6.07) is 10.2. The number of carbonyl (C=O) groups is 1. The Hall–Kier alpha value is -1.85. The number of pyridine rings is 1. The molecule has 0 aliphatic heterocycles. The van der Waals surface area contributed by atoms with E-state index in [9.17, 15) is 4.79 Å². The van der Waals surface area contributed by atoms with Gasteiger partial charge in [0.2, 0.25) is 0 Å². The van der Waals surface area contributed by atoms with Crippen LogP contribution in [0.3, 0.4) is 0 Å². The highest BCUT2D eigenvalue weighted by atomic mass is 32.2. The lowest BCUT2D eigenvalue weighted by molar-refractivity contribution is 0.0606. The fraction of sp³-hybridized carbons (Fsp3) is 0.125. The summed E-state index contributed by atoms with van der Waals surface area (Å²) < 4.78 is 5.77. The van der Waals surface area contributed by atoms with Crippen LogP contribution in [0.25, 0.3) is 10.1 Å². The van der Waals surface area contributed by atoms with Crippen LogP contribution in [0.1, 0.15) is 15.2 Å². The van der Waals surface area contributed by atoms with Crippen molar-refractivity contribution in [3.8, 4) is 0 Å². The fourth-order valence-corrected chi connectivity index (χ4v) is 3.91. The number of aryl methyl sites for hydroxylation is 1. The average molecular weight is 315 g/mol. The van der Waals surface area contributed by atoms with Crippen molar-refractivity contribution in [2.75, 3.05) is 7.11 Å². The molecule has 5 heteroatoms. The molecule has 2 heterocycles. The summed E-state index contributed by atoms with van der Waals surface area (Å²) in [7, 11) is 1.40. The quantitative estimate of drug-likeness (QED) is 0.665. The number of benzene rings is 1. The molecule has 3 nitrogen and oxygen atoms in total. The molecule has 106 valence electrons. The number of esters is 1. The van der Waals surface area contributed by atoms with Gasteiger partial charge < -0.3 is 4.74 Å². The molecule has 0 N–H and O–H groups in total. The summed E-state index contributed by atoms with van der Waals surface area (Å²) >= 11 is 3.06. The van der Waals surface area contributed by atoms with Gasteiger partial charge >= 0.3 is 5.97 Å². The van der Waals surface area contributed by atoms with E-state index in [0.717, 1.165) is 19.9 Å². The first kappa shape index (κ1) is 14.1. The van der Waals surface area contributed by atoms with Gasteiger partial charge in [0.05, 0.1) is 11.8 Å². The molecule has 3 aromatic rings. The van der Waals surface area contributed by atoms with Crippen LogP contribution in [0.4, 0.5) is 0 Å². The van der Waals surface area contributed by atoms with Crippen LogP contribution in [0.2, 0.25) is 0 Å². The van der Waals surface area contributed by atoms with Gasteiger partial charge in [-0.15, -0.1) is 11.3 Å². The van der Waals surface area contributed by atoms with Crippen LogP contribution in [-0.4, -0.2) is 18.1 Å². The number of rotatable bonds is 3. The summed E-state index contributed by atoms with van der Waals surface area (Å²) in [5.74, 6) is -0.303. The second-order valence-corrected chi connectivity index (χ2v) is 6.77. The van der Waals surface area contributed by atoms with Crippen molar-refractivity contribution in [2.45, 2.75) is 16.7 Å². The lowest BCUT2D eigenvalue weighted by Gasteiger charge is -2.03. The summed E-state index contributed by atoms with van der Waals surface area (Å²) in [4.78, 5) is 18.7. The third-order valence-corrected chi connectivity index (χ3v) is 5.15. The van der Waals surface area contributed by atoms with Crippen LogP contribution in [-0.2, 0) is 4.74 Å². The van der Waals surface area contributed by atoms with Crippen molar-refractivity contribution in [3.63, 3.8) is 0 Å². The molecule has 0 atom stereocenters. The van der Waals surface area contributed by atoms with Gasteiger partial charge in [-0.1, -0.05) is 29.5 Å². The van der Waals surface area contributed by atoms with E-state index < -0.39 is 0 Å². The molecule has 3 rings (SSSR count). The first-order chi connectivity index (χ1) is 10.2. The van der Waals surface area contributed by atoms with Gasteiger partial charge in [-0.25, -0.2) is 4.79 Å². The molecule has 0 radical (unpaired) electrons. The normalized spacial score (nSPS) is 10.8. The number of aromatic nitrogens is 1. The van der Waals surface area contributed by atoms with E-state index in [1.165, 1.54) is 24.0 Å². The standard InChI is InChI=1S/C16H13NO2S2/c1-10-3-5-11(6-4-10)20-14-8-17-9-15-12(14)7-13(21-15)16(18)19-2/h3-9H,1-2H3. The van der Waals surface area contributed by atoms with Crippen molar-refractivity contribution in [3.05, 3.63) is 53.2 Å². The number of thiophene rings is 1. The minimum absolute atomic E-state index is 0.303. The molecule has 0 amide bonds. The lowest BCUT2D eigenvalue weighted by atomic mass is 10.2. The maximum atomic E-state index is 11.7. The van der Waals surface area contributed by atoms with Gasteiger partial charge in [-0.05, 0) is 25.1 Å². The highest BCUT2D eigenvalue weighted by molar-refractivity contribution is 7.99. The predicted octanol–water partition coefficient (Wildman–Crippen LogP) is 4.54. The summed E-state index contributed by atoms with van der Waals surface area (Å²) in [6.07, 6.45) is 3.62. The zero-order valence-corrected chi connectivity index (χ0v) is 13.3. The Bertz CT molecular complexity index is 794. The molecule has 21 heavy (non-hydrogen) atoms. The summed E-state index contributed by atoms with van der Waals surface area (Å²) in [5, 5.41) is 1.04. The predicted molar refractivity (Wildman–Crippen MR) is 86.3 cm³/mol. The van der Waals surface area contributed by atoms with Crippen molar-refractivity contribution >= 4 is 39.2 Å². The van der Waals surface area contributed by atoms with Gasteiger partial charge in [-0.2, -0.15) is 0 Å². The van der Waals surface area contributed by atoms with E-state index in [1.54, 1.807) is 18.0 Å². The number of methoxy groups -OCH3 is 1. The molecule has 0 fully saturated rings. The van der Waals surface area contributed by atoms with Crippen molar-refractivity contribution in [1.82, 2.24) is 4.98 Å². The largest absolute Gasteiger partial charge is 0.465 e. The Kier molecular flexibility index (Phi) is 3.94. The highest BCUT2D eigenvalue weighted by Crippen LogP contribution is 2.36. The molecule has 0 unspecified atom stereocenters. The molecule has 0 spiro atoms. The van der Waals surface area contributed by atoms with Crippen molar-refractivity contribution in [1.29, 1.82) is 0 Å². The number of nitrogens with zero attached hydrogens (tertiary/aromatic N) is 1. The Morgan fingerprint density at radius 2 is 2.00 bits per heavy atom. The highest BCUT2D eigenvalue weighted by Gasteiger charge is 2.13. The summed E-state index contributed by atoms with van der Waals surface area (Å²) in [5.41, 5.74) is 1.24. The molecule has 2 aromatic heterocycles. The summed E-state index contributed by atoms with van der Waals surface area (Å²) in [6.45, 7) is 2.07. The van der Waals surface area contributed by atoms with E-state index in [2.05, 4.69) is 36.2 Å². The Balaban J connectivity index is 2.00. The minimum atomic E-state index is -0.303. The third-order valence-electron chi connectivity index (χ3n) is 3.05. The second-order valence-electron chi connectivity index (χ2n) is 4.57. The smallest absolute Gasteiger partial charge is 0.348 e. The monoisotopic (exact) mass is 315 g/mol. The van der Waals surface area contributed by atoms with E-state index >= 15 is 0 Å². The molecule has 0 aliphatic rings. The molecule has 0 aliphatic carbocycles. The number of fused-ring (bicyclic) bond motifs is 1. The van der Waals surface area contributed by atoms with Gasteiger partial charge in [0.1, 0.15) is 4.88 Å². The van der Waals surface area contributed by atoms with E-state index in [0.29, 0.717) is 4.88 Å². The van der Waals surface area contributed by atoms with E-state index in [4.69, 9.17) is 4.74 Å². The zero-order valence-electron chi connectivity index (χ0n) is 11.6. The number of carbonyl (C=O) groups excluding carboxylic acids is 1. The first-order valence-electron chi connectivity index (χ1n) is 6.38. The molecule has 0 saturated carbocycles. The van der Waals surface area contributed by atoms with Crippen LogP contribution in [0.15, 0.2) is 52.5 Å². The molecular formula is C16H13NO2S2. The van der Waals surface area contributed by atoms with E-state index in [-0.39, 0.29) is 5.97 Å². The number of hydrogen-bond acceptors (Lipinski definition) is 5. The molecular weight excluding hydrogens is 302 g/mol. The van der Waals surface area contributed by atoms with Crippen LogP contribution in [0, 0.1) is 6.92 Å². The third kappa shape index (κ3) is 2.94. The second kappa shape index (κ2) is 5.87. The zero-order chi connectivity index (χ0) is 14.8. The topological polar surface area (TPSA) is 39.2 Å². The van der Waals surface area contributed by atoms with Crippen LogP contribution >= 0.6 is 23.1 Å². The van der Waals surface area contributed by atoms with Crippen molar-refractivity contribution in [2.24, 2.45) is 0 Å². The maximum Gasteiger partial charge on any atom is 0.348 e. The lowest BCUT2D eigenvalue weighted by Crippen LogP contribution is -1.96. The Labute approximate surface area is 131 Å². The molecule has 0 bridgehead atoms. The maximum absolute atomic E-state index is 11.7. The SMILES string of the molecule is COC(=O)c1cc2c(Sc3ccc(C)cc3)cncc2s1. The van der Waals surface area contributed by atoms with Gasteiger partial charge in [0, 0.05) is 27.6 Å². The van der Waals surface area contributed by atoms with Crippen LogP contribution in [0.5, 0.6) is 0 Å². The minimum Gasteiger partial charge on any atom is -0.465 e. The van der Waals surface area contributed by atoms with Gasteiger partial charge in [-0.3, -0.25) is 4.98 Å². The van der Waals surface area contributed by atoms with E-state index in [1.807, 2.05) is 12.3 Å². The number of ether oxygens (including phenoxy) is 1. The Morgan fingerprint density at radius 3 is 2.71 bits per heavy atom. The fourth-order valence-electron chi connectivity index (χ4n) is 1.95. The average Bonchev–Trinajstić information content (AvgIpc) is 2.94. The van der Waals surface area contributed by atoms with Crippen LogP contribution < -0.4 is 0 Å². The van der Waals surface area contributed by atoms with Crippen molar-refractivity contribution < 1.29 is 9.53 Å².